The molecule has 2 N–H and O–H groups in total. The zero-order valence-corrected chi connectivity index (χ0v) is 19.0. The number of anilines is 1. The molecule has 0 saturated heterocycles. The van der Waals surface area contributed by atoms with Gasteiger partial charge in [-0.2, -0.15) is 5.10 Å². The summed E-state index contributed by atoms with van der Waals surface area (Å²) in [5.74, 6) is -2.68. The average molecular weight is 483 g/mol. The number of carbonyl (C=O) groups is 1. The molecule has 0 radical (unpaired) electrons. The van der Waals surface area contributed by atoms with E-state index in [1.165, 1.54) is 6.20 Å². The first-order valence-corrected chi connectivity index (χ1v) is 11.9. The van der Waals surface area contributed by atoms with Gasteiger partial charge in [-0.1, -0.05) is 6.08 Å². The number of nitrogens with zero attached hydrogens (tertiary/aromatic N) is 4. The Morgan fingerprint density at radius 2 is 2.03 bits per heavy atom. The number of amides is 1. The van der Waals surface area contributed by atoms with Crippen molar-refractivity contribution in [3.63, 3.8) is 0 Å². The van der Waals surface area contributed by atoms with Crippen molar-refractivity contribution in [1.29, 1.82) is 0 Å². The average Bonchev–Trinajstić information content (AvgIpc) is 3.46. The van der Waals surface area contributed by atoms with Crippen molar-refractivity contribution in [3.05, 3.63) is 59.2 Å². The fraction of sp³-hybridized carbons (Fsp3) is 0.440. The van der Waals surface area contributed by atoms with E-state index < -0.39 is 23.5 Å². The number of allylic oxidation sites excluding steroid dienone is 1. The van der Waals surface area contributed by atoms with Crippen LogP contribution in [-0.2, 0) is 6.42 Å². The van der Waals surface area contributed by atoms with Gasteiger partial charge in [0.1, 0.15) is 5.67 Å². The summed E-state index contributed by atoms with van der Waals surface area (Å²) in [4.78, 5) is 21.9. The van der Waals surface area contributed by atoms with Crippen LogP contribution in [0.25, 0.3) is 11.1 Å². The molecule has 3 heterocycles. The molecule has 35 heavy (non-hydrogen) atoms. The number of nitrogens with one attached hydrogen (secondary N) is 2. The molecule has 0 spiro atoms. The van der Waals surface area contributed by atoms with Gasteiger partial charge < -0.3 is 10.6 Å². The largest absolute Gasteiger partial charge is 0.351 e. The zero-order valence-electron chi connectivity index (χ0n) is 19.0. The van der Waals surface area contributed by atoms with Crippen molar-refractivity contribution >= 4 is 22.9 Å². The van der Waals surface area contributed by atoms with E-state index in [9.17, 15) is 18.0 Å². The quantitative estimate of drug-likeness (QED) is 0.546. The molecule has 7 nitrogen and oxygen atoms in total. The molecular weight excluding hydrogens is 457 g/mol. The number of rotatable bonds is 6. The highest BCUT2D eigenvalue weighted by Crippen LogP contribution is 2.40. The van der Waals surface area contributed by atoms with Crippen LogP contribution in [0.2, 0.25) is 0 Å². The minimum Gasteiger partial charge on any atom is -0.351 e. The molecule has 3 aromatic rings. The summed E-state index contributed by atoms with van der Waals surface area (Å²) in [5, 5.41) is 9.96. The Bertz CT molecular complexity index is 1340. The van der Waals surface area contributed by atoms with Gasteiger partial charge in [0.15, 0.2) is 0 Å². The van der Waals surface area contributed by atoms with Crippen LogP contribution in [-0.4, -0.2) is 49.7 Å². The summed E-state index contributed by atoms with van der Waals surface area (Å²) < 4.78 is 41.9. The van der Waals surface area contributed by atoms with E-state index >= 15 is 0 Å². The second kappa shape index (κ2) is 8.07. The maximum Gasteiger partial charge on any atom is 0.255 e. The number of aryl methyl sites for hydroxylation is 1. The lowest BCUT2D eigenvalue weighted by molar-refractivity contribution is -0.0901. The van der Waals surface area contributed by atoms with Crippen molar-refractivity contribution in [1.82, 2.24) is 24.9 Å². The first-order chi connectivity index (χ1) is 16.8. The minimum atomic E-state index is -2.70. The molecular formula is C25H25F3N6O. The van der Waals surface area contributed by atoms with Crippen molar-refractivity contribution in [2.24, 2.45) is 0 Å². The van der Waals surface area contributed by atoms with Crippen molar-refractivity contribution in [2.45, 2.75) is 62.6 Å². The van der Waals surface area contributed by atoms with Gasteiger partial charge in [0, 0.05) is 36.8 Å². The number of carbonyl (C=O) groups excluding carboxylic acids is 1. The van der Waals surface area contributed by atoms with Crippen molar-refractivity contribution in [2.75, 3.05) is 11.9 Å². The van der Waals surface area contributed by atoms with Gasteiger partial charge in [-0.15, -0.1) is 0 Å². The third-order valence-electron chi connectivity index (χ3n) is 6.98. The molecule has 0 aromatic carbocycles. The molecule has 6 rings (SSSR count). The van der Waals surface area contributed by atoms with Gasteiger partial charge in [0.25, 0.3) is 11.8 Å². The van der Waals surface area contributed by atoms with Crippen LogP contribution < -0.4 is 10.6 Å². The number of fused-ring (bicyclic) bond motifs is 2. The second-order valence-corrected chi connectivity index (χ2v) is 9.81. The highest BCUT2D eigenvalue weighted by Gasteiger charge is 2.46. The standard InChI is InChI=1S/C25H25F3N6O/c26-24(6-7-24)14-30-23-29-12-18-17(3-1-2-4-20(18)33-23)15-5-8-34-21(9-15)19(13-31-34)22(35)32-16-10-25(27,28)11-16/h3,5,8-9,12-13,16H,1-2,4,6-7,10-11,14H2,(H,32,35)(H,29,30,33). The SMILES string of the molecule is O=C(NC1CC(F)(F)C1)c1cnn2ccc(C3=CCCCc4nc(NCC5(F)CC5)ncc43)cc12. The molecule has 3 aliphatic rings. The van der Waals surface area contributed by atoms with Crippen molar-refractivity contribution in [3.8, 4) is 0 Å². The Balaban J connectivity index is 1.27. The summed E-state index contributed by atoms with van der Waals surface area (Å²) >= 11 is 0. The second-order valence-electron chi connectivity index (χ2n) is 9.81. The minimum absolute atomic E-state index is 0.218. The van der Waals surface area contributed by atoms with E-state index in [1.807, 2.05) is 12.1 Å². The Morgan fingerprint density at radius 1 is 1.20 bits per heavy atom. The molecule has 3 aliphatic carbocycles. The molecule has 0 aliphatic heterocycles. The maximum absolute atomic E-state index is 14.0. The zero-order chi connectivity index (χ0) is 24.2. The number of hydrogen-bond donors (Lipinski definition) is 2. The number of hydrogen-bond acceptors (Lipinski definition) is 5. The molecule has 0 atom stereocenters. The highest BCUT2D eigenvalue weighted by molar-refractivity contribution is 6.01. The molecule has 0 bridgehead atoms. The Hall–Kier alpha value is -3.43. The molecule has 3 aromatic heterocycles. The third-order valence-corrected chi connectivity index (χ3v) is 6.98. The Morgan fingerprint density at radius 3 is 2.80 bits per heavy atom. The van der Waals surface area contributed by atoms with Gasteiger partial charge in [-0.3, -0.25) is 4.79 Å². The smallest absolute Gasteiger partial charge is 0.255 e. The van der Waals surface area contributed by atoms with Crippen LogP contribution in [0.15, 0.2) is 36.8 Å². The van der Waals surface area contributed by atoms with E-state index in [1.54, 1.807) is 16.9 Å². The predicted molar refractivity (Wildman–Crippen MR) is 124 cm³/mol. The van der Waals surface area contributed by atoms with Gasteiger partial charge in [0.05, 0.1) is 29.5 Å². The first kappa shape index (κ1) is 22.1. The van der Waals surface area contributed by atoms with E-state index in [0.29, 0.717) is 29.9 Å². The van der Waals surface area contributed by atoms with Gasteiger partial charge in [-0.05, 0) is 55.4 Å². The number of halogens is 3. The topological polar surface area (TPSA) is 84.2 Å². The molecule has 2 saturated carbocycles. The fourth-order valence-corrected chi connectivity index (χ4v) is 4.72. The summed E-state index contributed by atoms with van der Waals surface area (Å²) in [6.07, 6.45) is 10.2. The van der Waals surface area contributed by atoms with Crippen LogP contribution in [0.1, 0.15) is 65.7 Å². The van der Waals surface area contributed by atoms with E-state index in [2.05, 4.69) is 31.8 Å². The molecule has 1 amide bonds. The van der Waals surface area contributed by atoms with Gasteiger partial charge in [-0.25, -0.2) is 27.7 Å². The van der Waals surface area contributed by atoms with Crippen LogP contribution in [0.5, 0.6) is 0 Å². The van der Waals surface area contributed by atoms with Crippen LogP contribution >= 0.6 is 0 Å². The highest BCUT2D eigenvalue weighted by atomic mass is 19.3. The lowest BCUT2D eigenvalue weighted by Gasteiger charge is -2.35. The number of aromatic nitrogens is 4. The Kier molecular flexibility index (Phi) is 5.08. The van der Waals surface area contributed by atoms with E-state index in [4.69, 9.17) is 0 Å². The van der Waals surface area contributed by atoms with E-state index in [0.717, 1.165) is 41.7 Å². The van der Waals surface area contributed by atoms with Crippen LogP contribution in [0.3, 0.4) is 0 Å². The Labute approximate surface area is 199 Å². The lowest BCUT2D eigenvalue weighted by atomic mass is 9.88. The van der Waals surface area contributed by atoms with Gasteiger partial charge >= 0.3 is 0 Å². The number of alkyl halides is 3. The first-order valence-electron chi connectivity index (χ1n) is 11.9. The predicted octanol–water partition coefficient (Wildman–Crippen LogP) is 4.33. The fourth-order valence-electron chi connectivity index (χ4n) is 4.72. The summed E-state index contributed by atoms with van der Waals surface area (Å²) in [6, 6.07) is 3.27. The lowest BCUT2D eigenvalue weighted by Crippen LogP contribution is -2.50. The normalized spacial score (nSPS) is 20.4. The molecule has 0 unspecified atom stereocenters. The molecule has 10 heteroatoms. The maximum atomic E-state index is 14.0. The molecule has 182 valence electrons. The van der Waals surface area contributed by atoms with Crippen molar-refractivity contribution < 1.29 is 18.0 Å². The third kappa shape index (κ3) is 4.37. The summed E-state index contributed by atoms with van der Waals surface area (Å²) in [7, 11) is 0. The summed E-state index contributed by atoms with van der Waals surface area (Å²) in [5.41, 5.74) is 3.44. The molecule has 2 fully saturated rings. The van der Waals surface area contributed by atoms with E-state index in [-0.39, 0.29) is 19.4 Å². The van der Waals surface area contributed by atoms with Crippen LogP contribution in [0, 0.1) is 0 Å². The number of pyridine rings is 1. The van der Waals surface area contributed by atoms with Crippen LogP contribution in [0.4, 0.5) is 19.1 Å². The monoisotopic (exact) mass is 482 g/mol. The van der Waals surface area contributed by atoms with Gasteiger partial charge in [0.2, 0.25) is 5.95 Å². The summed E-state index contributed by atoms with van der Waals surface area (Å²) in [6.45, 7) is 0.218.